The van der Waals surface area contributed by atoms with Crippen molar-refractivity contribution in [3.8, 4) is 0 Å². The lowest BCUT2D eigenvalue weighted by atomic mass is 10.2. The maximum atomic E-state index is 11.7. The Labute approximate surface area is 117 Å². The summed E-state index contributed by atoms with van der Waals surface area (Å²) in [5.74, 6) is -1.23. The number of esters is 1. The van der Waals surface area contributed by atoms with Gasteiger partial charge in [0.2, 0.25) is 5.91 Å². The van der Waals surface area contributed by atoms with Crippen LogP contribution in [0.1, 0.15) is 18.9 Å². The van der Waals surface area contributed by atoms with Crippen molar-refractivity contribution >= 4 is 11.9 Å². The summed E-state index contributed by atoms with van der Waals surface area (Å²) in [4.78, 5) is 23.1. The van der Waals surface area contributed by atoms with Crippen molar-refractivity contribution in [3.63, 3.8) is 0 Å². The number of amides is 1. The van der Waals surface area contributed by atoms with Crippen molar-refractivity contribution in [2.45, 2.75) is 32.1 Å². The van der Waals surface area contributed by atoms with Crippen LogP contribution in [0.15, 0.2) is 30.3 Å². The van der Waals surface area contributed by atoms with Crippen LogP contribution in [-0.2, 0) is 20.9 Å². The molecule has 0 aliphatic carbocycles. The molecule has 0 bridgehead atoms. The van der Waals surface area contributed by atoms with E-state index in [1.54, 1.807) is 12.1 Å². The van der Waals surface area contributed by atoms with Gasteiger partial charge in [0.15, 0.2) is 6.04 Å². The molecule has 0 saturated carbocycles. The summed E-state index contributed by atoms with van der Waals surface area (Å²) < 4.78 is 5.01. The highest BCUT2D eigenvalue weighted by atomic mass is 16.5. The number of aliphatic hydroxyl groups is 2. The second-order valence-electron chi connectivity index (χ2n) is 4.45. The molecular formula is C14H19NO5. The number of nitrogens with one attached hydrogen (secondary N) is 1. The largest absolute Gasteiger partial charge is 0.459 e. The molecule has 110 valence electrons. The highest BCUT2D eigenvalue weighted by Gasteiger charge is 2.21. The van der Waals surface area contributed by atoms with E-state index in [4.69, 9.17) is 14.9 Å². The molecule has 6 heteroatoms. The number of hydrogen-bond donors (Lipinski definition) is 3. The van der Waals surface area contributed by atoms with Gasteiger partial charge in [0.25, 0.3) is 0 Å². The molecule has 2 atom stereocenters. The minimum atomic E-state index is -1.12. The Balaban J connectivity index is 2.44. The summed E-state index contributed by atoms with van der Waals surface area (Å²) >= 11 is 0. The van der Waals surface area contributed by atoms with Gasteiger partial charge in [0.05, 0.1) is 19.1 Å². The predicted octanol–water partition coefficient (Wildman–Crippen LogP) is -0.0222. The van der Waals surface area contributed by atoms with Crippen LogP contribution in [0.5, 0.6) is 0 Å². The summed E-state index contributed by atoms with van der Waals surface area (Å²) in [5.41, 5.74) is 0.813. The zero-order valence-electron chi connectivity index (χ0n) is 11.3. The second-order valence-corrected chi connectivity index (χ2v) is 4.45. The van der Waals surface area contributed by atoms with Gasteiger partial charge in [-0.3, -0.25) is 4.79 Å². The predicted molar refractivity (Wildman–Crippen MR) is 71.6 cm³/mol. The lowest BCUT2D eigenvalue weighted by Crippen LogP contribution is -2.45. The molecule has 0 aliphatic heterocycles. The van der Waals surface area contributed by atoms with Crippen molar-refractivity contribution in [3.05, 3.63) is 35.9 Å². The first-order valence-corrected chi connectivity index (χ1v) is 6.31. The number of carbonyl (C=O) groups is 2. The third-order valence-corrected chi connectivity index (χ3v) is 2.51. The minimum Gasteiger partial charge on any atom is -0.459 e. The van der Waals surface area contributed by atoms with E-state index in [0.717, 1.165) is 5.56 Å². The number of hydrogen-bond acceptors (Lipinski definition) is 5. The van der Waals surface area contributed by atoms with E-state index >= 15 is 0 Å². The molecule has 0 radical (unpaired) electrons. The fraction of sp³-hybridized carbons (Fsp3) is 0.429. The van der Waals surface area contributed by atoms with E-state index in [1.807, 2.05) is 18.2 Å². The Morgan fingerprint density at radius 1 is 1.30 bits per heavy atom. The Bertz CT molecular complexity index is 432. The minimum absolute atomic E-state index is 0.0719. The van der Waals surface area contributed by atoms with E-state index < -0.39 is 30.6 Å². The van der Waals surface area contributed by atoms with Crippen LogP contribution in [0.4, 0.5) is 0 Å². The van der Waals surface area contributed by atoms with E-state index in [0.29, 0.717) is 0 Å². The zero-order chi connectivity index (χ0) is 15.0. The molecule has 6 nitrogen and oxygen atoms in total. The Hall–Kier alpha value is -1.92. The molecule has 1 amide bonds. The normalized spacial score (nSPS) is 13.3. The fourth-order valence-electron chi connectivity index (χ4n) is 1.53. The topological polar surface area (TPSA) is 95.9 Å². The Morgan fingerprint density at radius 3 is 2.50 bits per heavy atom. The van der Waals surface area contributed by atoms with E-state index in [1.165, 1.54) is 6.92 Å². The van der Waals surface area contributed by atoms with Crippen molar-refractivity contribution in [2.24, 2.45) is 0 Å². The maximum Gasteiger partial charge on any atom is 0.331 e. The molecule has 0 spiro atoms. The Kier molecular flexibility index (Phi) is 6.69. The standard InChI is InChI=1S/C14H19NO5/c1-10(17)7-13(18)15-12(8-16)14(19)20-9-11-5-3-2-4-6-11/h2-6,10,12,16-17H,7-9H2,1H3,(H,15,18). The first-order valence-electron chi connectivity index (χ1n) is 6.31. The zero-order valence-corrected chi connectivity index (χ0v) is 11.3. The van der Waals surface area contributed by atoms with Gasteiger partial charge in [0.1, 0.15) is 6.61 Å². The first-order chi connectivity index (χ1) is 9.52. The number of benzene rings is 1. The fourth-order valence-corrected chi connectivity index (χ4v) is 1.53. The van der Waals surface area contributed by atoms with Crippen LogP contribution in [-0.4, -0.2) is 40.8 Å². The molecule has 0 heterocycles. The molecule has 0 aromatic heterocycles. The first kappa shape index (κ1) is 16.1. The van der Waals surface area contributed by atoms with Gasteiger partial charge >= 0.3 is 5.97 Å². The smallest absolute Gasteiger partial charge is 0.331 e. The summed E-state index contributed by atoms with van der Waals surface area (Å²) in [6.45, 7) is 0.975. The van der Waals surface area contributed by atoms with Crippen molar-refractivity contribution in [1.29, 1.82) is 0 Å². The van der Waals surface area contributed by atoms with Crippen LogP contribution in [0.25, 0.3) is 0 Å². The summed E-state index contributed by atoms with van der Waals surface area (Å²) in [6.07, 6.45) is -0.947. The highest BCUT2D eigenvalue weighted by Crippen LogP contribution is 2.02. The molecule has 1 rings (SSSR count). The van der Waals surface area contributed by atoms with Gasteiger partial charge in [-0.05, 0) is 12.5 Å². The van der Waals surface area contributed by atoms with Crippen molar-refractivity contribution < 1.29 is 24.5 Å². The SMILES string of the molecule is CC(O)CC(=O)NC(CO)C(=O)OCc1ccccc1. The van der Waals surface area contributed by atoms with Gasteiger partial charge in [-0.15, -0.1) is 0 Å². The molecule has 3 N–H and O–H groups in total. The molecular weight excluding hydrogens is 262 g/mol. The molecule has 0 fully saturated rings. The molecule has 0 saturated heterocycles. The summed E-state index contributed by atoms with van der Waals surface area (Å²) in [5, 5.41) is 20.5. The number of carbonyl (C=O) groups excluding carboxylic acids is 2. The molecule has 0 aliphatic rings. The van der Waals surface area contributed by atoms with Crippen molar-refractivity contribution in [1.82, 2.24) is 5.32 Å². The van der Waals surface area contributed by atoms with E-state index in [2.05, 4.69) is 5.32 Å². The highest BCUT2D eigenvalue weighted by molar-refractivity contribution is 5.84. The van der Waals surface area contributed by atoms with E-state index in [-0.39, 0.29) is 13.0 Å². The van der Waals surface area contributed by atoms with Crippen LogP contribution < -0.4 is 5.32 Å². The lowest BCUT2D eigenvalue weighted by Gasteiger charge is -2.16. The van der Waals surface area contributed by atoms with Gasteiger partial charge in [-0.2, -0.15) is 0 Å². The lowest BCUT2D eigenvalue weighted by molar-refractivity contribution is -0.150. The monoisotopic (exact) mass is 281 g/mol. The number of ether oxygens (including phenoxy) is 1. The Morgan fingerprint density at radius 2 is 1.95 bits per heavy atom. The van der Waals surface area contributed by atoms with Gasteiger partial charge < -0.3 is 20.3 Å². The van der Waals surface area contributed by atoms with Gasteiger partial charge in [-0.25, -0.2) is 4.79 Å². The van der Waals surface area contributed by atoms with Gasteiger partial charge in [0, 0.05) is 0 Å². The van der Waals surface area contributed by atoms with Crippen LogP contribution in [0, 0.1) is 0 Å². The van der Waals surface area contributed by atoms with E-state index in [9.17, 15) is 9.59 Å². The van der Waals surface area contributed by atoms with Crippen molar-refractivity contribution in [2.75, 3.05) is 6.61 Å². The maximum absolute atomic E-state index is 11.7. The third-order valence-electron chi connectivity index (χ3n) is 2.51. The number of rotatable bonds is 7. The molecule has 1 aromatic rings. The third kappa shape index (κ3) is 5.81. The van der Waals surface area contributed by atoms with Crippen LogP contribution in [0.2, 0.25) is 0 Å². The summed E-state index contributed by atoms with van der Waals surface area (Å²) in [7, 11) is 0. The number of aliphatic hydroxyl groups excluding tert-OH is 2. The second kappa shape index (κ2) is 8.29. The van der Waals surface area contributed by atoms with Gasteiger partial charge in [-0.1, -0.05) is 30.3 Å². The average molecular weight is 281 g/mol. The molecule has 2 unspecified atom stereocenters. The van der Waals surface area contributed by atoms with Crippen LogP contribution >= 0.6 is 0 Å². The molecule has 20 heavy (non-hydrogen) atoms. The summed E-state index contributed by atoms with van der Waals surface area (Å²) in [6, 6.07) is 7.96. The quantitative estimate of drug-likeness (QED) is 0.610. The molecule has 1 aromatic carbocycles. The average Bonchev–Trinajstić information content (AvgIpc) is 2.42. The van der Waals surface area contributed by atoms with Crippen LogP contribution in [0.3, 0.4) is 0 Å².